The van der Waals surface area contributed by atoms with Gasteiger partial charge in [-0.1, -0.05) is 6.92 Å². The van der Waals surface area contributed by atoms with Gasteiger partial charge in [-0.3, -0.25) is 0 Å². The molecule has 0 heterocycles. The summed E-state index contributed by atoms with van der Waals surface area (Å²) in [6.07, 6.45) is 2.85. The molecule has 1 aliphatic carbocycles. The summed E-state index contributed by atoms with van der Waals surface area (Å²) in [7, 11) is 0. The van der Waals surface area contributed by atoms with Gasteiger partial charge in [-0.15, -0.1) is 11.6 Å². The minimum absolute atomic E-state index is 0.779. The molecule has 1 saturated carbocycles. The van der Waals surface area contributed by atoms with Crippen LogP contribution in [0.5, 0.6) is 0 Å². The zero-order valence-corrected chi connectivity index (χ0v) is 5.41. The van der Waals surface area contributed by atoms with Crippen LogP contribution in [-0.4, -0.2) is 5.88 Å². The minimum atomic E-state index is 0.779. The van der Waals surface area contributed by atoms with E-state index in [-0.39, 0.29) is 0 Å². The third-order valence-electron chi connectivity index (χ3n) is 1.67. The normalized spacial score (nSPS) is 24.9. The van der Waals surface area contributed by atoms with E-state index in [1.807, 2.05) is 0 Å². The van der Waals surface area contributed by atoms with E-state index in [0.29, 0.717) is 0 Å². The van der Waals surface area contributed by atoms with Crippen LogP contribution in [0.4, 0.5) is 0 Å². The summed E-state index contributed by atoms with van der Waals surface area (Å²) in [5.41, 5.74) is 0. The van der Waals surface area contributed by atoms with E-state index in [0.717, 1.165) is 17.7 Å². The predicted octanol–water partition coefficient (Wildman–Crippen LogP) is 2.27. The molecule has 7 heavy (non-hydrogen) atoms. The minimum Gasteiger partial charge on any atom is -0.126 e. The lowest BCUT2D eigenvalue weighted by atomic mass is 10.1. The zero-order chi connectivity index (χ0) is 5.28. The van der Waals surface area contributed by atoms with Gasteiger partial charge in [-0.2, -0.15) is 0 Å². The number of halogens is 1. The van der Waals surface area contributed by atoms with Crippen molar-refractivity contribution in [3.05, 3.63) is 0 Å². The average Bonchev–Trinajstić information content (AvgIpc) is 2.44. The van der Waals surface area contributed by atoms with Gasteiger partial charge in [0.25, 0.3) is 0 Å². The lowest BCUT2D eigenvalue weighted by molar-refractivity contribution is 0.570. The van der Waals surface area contributed by atoms with E-state index in [4.69, 9.17) is 11.6 Å². The van der Waals surface area contributed by atoms with Crippen molar-refractivity contribution in [1.29, 1.82) is 0 Å². The lowest BCUT2D eigenvalue weighted by Crippen LogP contribution is -1.96. The van der Waals surface area contributed by atoms with Gasteiger partial charge in [0.2, 0.25) is 0 Å². The smallest absolute Gasteiger partial charge is 0.0251 e. The second kappa shape index (κ2) is 2.04. The first-order valence-corrected chi connectivity index (χ1v) is 3.44. The fourth-order valence-electron chi connectivity index (χ4n) is 0.791. The quantitative estimate of drug-likeness (QED) is 0.488. The molecule has 0 radical (unpaired) electrons. The number of rotatable bonds is 2. The molecule has 0 aliphatic heterocycles. The highest BCUT2D eigenvalue weighted by atomic mass is 35.5. The Morgan fingerprint density at radius 1 is 1.71 bits per heavy atom. The Morgan fingerprint density at radius 2 is 2.29 bits per heavy atom. The van der Waals surface area contributed by atoms with Gasteiger partial charge in [0.15, 0.2) is 0 Å². The van der Waals surface area contributed by atoms with Crippen molar-refractivity contribution in [3.63, 3.8) is 0 Å². The Balaban J connectivity index is 2.10. The Labute approximate surface area is 49.9 Å². The van der Waals surface area contributed by atoms with Gasteiger partial charge >= 0.3 is 0 Å². The summed E-state index contributed by atoms with van der Waals surface area (Å²) in [5, 5.41) is 0. The van der Waals surface area contributed by atoms with Crippen LogP contribution in [0, 0.1) is 11.8 Å². The van der Waals surface area contributed by atoms with Gasteiger partial charge in [0.1, 0.15) is 0 Å². The van der Waals surface area contributed by atoms with Gasteiger partial charge in [-0.05, 0) is 24.7 Å². The monoisotopic (exact) mass is 118 g/mol. The maximum atomic E-state index is 5.59. The first-order chi connectivity index (χ1) is 3.34. The molecule has 0 aromatic rings. The van der Waals surface area contributed by atoms with Gasteiger partial charge in [0.05, 0.1) is 0 Å². The van der Waals surface area contributed by atoms with E-state index in [9.17, 15) is 0 Å². The molecular weight excluding hydrogens is 108 g/mol. The topological polar surface area (TPSA) is 0 Å². The largest absolute Gasteiger partial charge is 0.126 e. The lowest BCUT2D eigenvalue weighted by Gasteiger charge is -2.00. The highest BCUT2D eigenvalue weighted by molar-refractivity contribution is 6.18. The molecule has 0 nitrogen and oxygen atoms in total. The van der Waals surface area contributed by atoms with Crippen molar-refractivity contribution in [3.8, 4) is 0 Å². The Kier molecular flexibility index (Phi) is 1.58. The Morgan fingerprint density at radius 3 is 2.43 bits per heavy atom. The highest BCUT2D eigenvalue weighted by Crippen LogP contribution is 2.36. The zero-order valence-electron chi connectivity index (χ0n) is 4.65. The first-order valence-electron chi connectivity index (χ1n) is 2.90. The molecule has 1 atom stereocenters. The van der Waals surface area contributed by atoms with Crippen molar-refractivity contribution >= 4 is 11.6 Å². The molecule has 1 fully saturated rings. The summed E-state index contributed by atoms with van der Waals surface area (Å²) >= 11 is 5.59. The molecule has 0 aromatic heterocycles. The van der Waals surface area contributed by atoms with E-state index in [2.05, 4.69) is 6.92 Å². The molecule has 1 rings (SSSR count). The molecule has 0 aromatic carbocycles. The maximum Gasteiger partial charge on any atom is 0.0251 e. The van der Waals surface area contributed by atoms with Crippen molar-refractivity contribution in [1.82, 2.24) is 0 Å². The summed E-state index contributed by atoms with van der Waals surface area (Å²) in [6, 6.07) is 0. The van der Waals surface area contributed by atoms with Crippen molar-refractivity contribution in [2.24, 2.45) is 11.8 Å². The fraction of sp³-hybridized carbons (Fsp3) is 1.00. The van der Waals surface area contributed by atoms with Crippen molar-refractivity contribution in [2.75, 3.05) is 5.88 Å². The van der Waals surface area contributed by atoms with Crippen LogP contribution >= 0.6 is 11.6 Å². The van der Waals surface area contributed by atoms with Crippen LogP contribution < -0.4 is 0 Å². The van der Waals surface area contributed by atoms with Crippen LogP contribution in [-0.2, 0) is 0 Å². The molecule has 0 bridgehead atoms. The second-order valence-corrected chi connectivity index (χ2v) is 2.78. The molecule has 0 spiro atoms. The van der Waals surface area contributed by atoms with E-state index >= 15 is 0 Å². The number of alkyl halides is 1. The van der Waals surface area contributed by atoms with E-state index in [1.165, 1.54) is 12.8 Å². The first kappa shape index (κ1) is 5.43. The van der Waals surface area contributed by atoms with Crippen LogP contribution in [0.15, 0.2) is 0 Å². The van der Waals surface area contributed by atoms with Crippen LogP contribution in [0.1, 0.15) is 19.8 Å². The molecule has 0 saturated heterocycles. The van der Waals surface area contributed by atoms with Gasteiger partial charge in [-0.25, -0.2) is 0 Å². The standard InChI is InChI=1S/C6H11Cl/c1-5(4-7)6-2-3-6/h5-6H,2-4H2,1H3. The molecule has 1 unspecified atom stereocenters. The van der Waals surface area contributed by atoms with Crippen LogP contribution in [0.25, 0.3) is 0 Å². The fourth-order valence-corrected chi connectivity index (χ4v) is 1.04. The molecule has 0 amide bonds. The molecular formula is C6H11Cl. The molecule has 1 heteroatoms. The Bertz CT molecular complexity index is 57.2. The average molecular weight is 119 g/mol. The van der Waals surface area contributed by atoms with E-state index < -0.39 is 0 Å². The number of hydrogen-bond acceptors (Lipinski definition) is 0. The van der Waals surface area contributed by atoms with Gasteiger partial charge in [0, 0.05) is 5.88 Å². The maximum absolute atomic E-state index is 5.59. The van der Waals surface area contributed by atoms with Crippen molar-refractivity contribution < 1.29 is 0 Å². The van der Waals surface area contributed by atoms with Crippen molar-refractivity contribution in [2.45, 2.75) is 19.8 Å². The molecule has 0 N–H and O–H groups in total. The van der Waals surface area contributed by atoms with Gasteiger partial charge < -0.3 is 0 Å². The van der Waals surface area contributed by atoms with E-state index in [1.54, 1.807) is 0 Å². The predicted molar refractivity (Wildman–Crippen MR) is 32.6 cm³/mol. The molecule has 1 aliphatic rings. The number of hydrogen-bond donors (Lipinski definition) is 0. The summed E-state index contributed by atoms with van der Waals surface area (Å²) in [5.74, 6) is 2.61. The van der Waals surface area contributed by atoms with Crippen LogP contribution in [0.3, 0.4) is 0 Å². The highest BCUT2D eigenvalue weighted by Gasteiger charge is 2.26. The third-order valence-corrected chi connectivity index (χ3v) is 2.16. The summed E-state index contributed by atoms with van der Waals surface area (Å²) in [6.45, 7) is 2.23. The third kappa shape index (κ3) is 1.34. The summed E-state index contributed by atoms with van der Waals surface area (Å²) < 4.78 is 0. The molecule has 42 valence electrons. The SMILES string of the molecule is CC(CCl)C1CC1. The summed E-state index contributed by atoms with van der Waals surface area (Å²) in [4.78, 5) is 0. The van der Waals surface area contributed by atoms with Crippen LogP contribution in [0.2, 0.25) is 0 Å². The Hall–Kier alpha value is 0.290. The second-order valence-electron chi connectivity index (χ2n) is 2.47.